The van der Waals surface area contributed by atoms with Gasteiger partial charge in [0.1, 0.15) is 0 Å². The number of hydrogen-bond acceptors (Lipinski definition) is 2. The minimum atomic E-state index is 0.0348. The predicted molar refractivity (Wildman–Crippen MR) is 62.8 cm³/mol. The number of amides is 2. The van der Waals surface area contributed by atoms with Gasteiger partial charge in [-0.25, -0.2) is 0 Å². The number of carbonyl (C=O) groups excluding carboxylic acids is 2. The summed E-state index contributed by atoms with van der Waals surface area (Å²) in [6, 6.07) is 9.72. The summed E-state index contributed by atoms with van der Waals surface area (Å²) in [4.78, 5) is 25.7. The van der Waals surface area contributed by atoms with Crippen molar-refractivity contribution in [3.05, 3.63) is 35.9 Å². The van der Waals surface area contributed by atoms with Crippen molar-refractivity contribution >= 4 is 11.8 Å². The fourth-order valence-electron chi connectivity index (χ4n) is 2.90. The van der Waals surface area contributed by atoms with Crippen molar-refractivity contribution in [2.45, 2.75) is 25.8 Å². The molecular weight excluding hydrogens is 214 g/mol. The largest absolute Gasteiger partial charge is 0.278 e. The fourth-order valence-corrected chi connectivity index (χ4v) is 2.90. The van der Waals surface area contributed by atoms with E-state index in [1.165, 1.54) is 4.90 Å². The number of fused-ring (bicyclic) bond motifs is 2. The van der Waals surface area contributed by atoms with Crippen LogP contribution in [0, 0.1) is 11.8 Å². The fraction of sp³-hybridized carbons (Fsp3) is 0.429. The molecule has 2 aliphatic rings. The second-order valence-corrected chi connectivity index (χ2v) is 4.96. The van der Waals surface area contributed by atoms with Crippen LogP contribution in [0.25, 0.3) is 0 Å². The number of hydrogen-bond donors (Lipinski definition) is 0. The zero-order chi connectivity index (χ0) is 11.8. The minimum absolute atomic E-state index is 0.0348. The number of nitrogens with zero attached hydrogens (tertiary/aromatic N) is 1. The van der Waals surface area contributed by atoms with Gasteiger partial charge in [0.2, 0.25) is 11.8 Å². The Hall–Kier alpha value is -1.64. The molecule has 1 saturated carbocycles. The highest BCUT2D eigenvalue weighted by atomic mass is 16.2. The second-order valence-electron chi connectivity index (χ2n) is 4.96. The van der Waals surface area contributed by atoms with Crippen molar-refractivity contribution in [1.29, 1.82) is 0 Å². The van der Waals surface area contributed by atoms with Crippen LogP contribution < -0.4 is 0 Å². The third kappa shape index (κ3) is 1.75. The van der Waals surface area contributed by atoms with Gasteiger partial charge < -0.3 is 0 Å². The van der Waals surface area contributed by atoms with E-state index in [0.717, 1.165) is 24.8 Å². The lowest BCUT2D eigenvalue weighted by Gasteiger charge is -2.29. The highest BCUT2D eigenvalue weighted by molar-refractivity contribution is 6.00. The molecule has 1 aliphatic heterocycles. The molecule has 2 atom stereocenters. The third-order valence-corrected chi connectivity index (χ3v) is 3.85. The summed E-state index contributed by atoms with van der Waals surface area (Å²) >= 11 is 0. The topological polar surface area (TPSA) is 37.4 Å². The van der Waals surface area contributed by atoms with E-state index in [2.05, 4.69) is 0 Å². The average Bonchev–Trinajstić information content (AvgIpc) is 2.81. The summed E-state index contributed by atoms with van der Waals surface area (Å²) in [5.41, 5.74) is 1.02. The van der Waals surface area contributed by atoms with Crippen LogP contribution in [0.3, 0.4) is 0 Å². The van der Waals surface area contributed by atoms with Gasteiger partial charge in [-0.2, -0.15) is 0 Å². The first-order chi connectivity index (χ1) is 8.25. The summed E-state index contributed by atoms with van der Waals surface area (Å²) < 4.78 is 0. The summed E-state index contributed by atoms with van der Waals surface area (Å²) in [6.45, 7) is 0.436. The second kappa shape index (κ2) is 3.99. The van der Waals surface area contributed by atoms with E-state index >= 15 is 0 Å². The van der Waals surface area contributed by atoms with E-state index in [-0.39, 0.29) is 23.7 Å². The number of imide groups is 1. The molecule has 3 rings (SSSR count). The first-order valence-electron chi connectivity index (χ1n) is 6.15. The molecular formula is C14H15NO2. The summed E-state index contributed by atoms with van der Waals surface area (Å²) in [6.07, 6.45) is 2.56. The molecule has 17 heavy (non-hydrogen) atoms. The van der Waals surface area contributed by atoms with Gasteiger partial charge in [-0.15, -0.1) is 0 Å². The van der Waals surface area contributed by atoms with Gasteiger partial charge in [-0.05, 0) is 24.8 Å². The molecule has 88 valence electrons. The van der Waals surface area contributed by atoms with Gasteiger partial charge in [-0.1, -0.05) is 30.3 Å². The minimum Gasteiger partial charge on any atom is -0.278 e. The van der Waals surface area contributed by atoms with Gasteiger partial charge in [0.05, 0.1) is 6.54 Å². The third-order valence-electron chi connectivity index (χ3n) is 3.85. The molecule has 0 radical (unpaired) electrons. The number of rotatable bonds is 2. The average molecular weight is 229 g/mol. The Morgan fingerprint density at radius 2 is 1.59 bits per heavy atom. The van der Waals surface area contributed by atoms with Crippen LogP contribution in [0.1, 0.15) is 24.8 Å². The summed E-state index contributed by atoms with van der Waals surface area (Å²) in [5.74, 6) is 0.267. The molecule has 2 unspecified atom stereocenters. The summed E-state index contributed by atoms with van der Waals surface area (Å²) in [5, 5.41) is 0. The van der Waals surface area contributed by atoms with Crippen molar-refractivity contribution in [1.82, 2.24) is 4.90 Å². The van der Waals surface area contributed by atoms with Gasteiger partial charge in [0, 0.05) is 11.8 Å². The molecule has 0 N–H and O–H groups in total. The number of carbonyl (C=O) groups is 2. The Morgan fingerprint density at radius 1 is 1.00 bits per heavy atom. The van der Waals surface area contributed by atoms with E-state index in [9.17, 15) is 9.59 Å². The number of piperidine rings is 1. The number of benzene rings is 1. The normalized spacial score (nSPS) is 27.6. The SMILES string of the molecule is O=C1C2CCC(C2)C(=O)N1Cc1ccccc1. The Balaban J connectivity index is 1.83. The quantitative estimate of drug-likeness (QED) is 0.727. The lowest BCUT2D eigenvalue weighted by Crippen LogP contribution is -2.45. The highest BCUT2D eigenvalue weighted by Crippen LogP contribution is 2.38. The van der Waals surface area contributed by atoms with Crippen molar-refractivity contribution in [3.63, 3.8) is 0 Å². The van der Waals surface area contributed by atoms with Crippen molar-refractivity contribution < 1.29 is 9.59 Å². The maximum Gasteiger partial charge on any atom is 0.232 e. The zero-order valence-electron chi connectivity index (χ0n) is 9.63. The maximum atomic E-state index is 12.1. The molecule has 3 nitrogen and oxygen atoms in total. The lowest BCUT2D eigenvalue weighted by atomic mass is 9.96. The van der Waals surface area contributed by atoms with Gasteiger partial charge in [-0.3, -0.25) is 14.5 Å². The van der Waals surface area contributed by atoms with Gasteiger partial charge in [0.25, 0.3) is 0 Å². The Labute approximate surface area is 100 Å². The monoisotopic (exact) mass is 229 g/mol. The van der Waals surface area contributed by atoms with Crippen LogP contribution in [-0.4, -0.2) is 16.7 Å². The van der Waals surface area contributed by atoms with Crippen LogP contribution in [0.4, 0.5) is 0 Å². The molecule has 1 saturated heterocycles. The smallest absolute Gasteiger partial charge is 0.232 e. The Kier molecular flexibility index (Phi) is 2.46. The molecule has 1 aromatic rings. The predicted octanol–water partition coefficient (Wildman–Crippen LogP) is 1.97. The van der Waals surface area contributed by atoms with E-state index in [4.69, 9.17) is 0 Å². The standard InChI is InChI=1S/C14H15NO2/c16-13-11-6-7-12(8-11)14(17)15(13)9-10-4-2-1-3-5-10/h1-5,11-12H,6-9H2. The van der Waals surface area contributed by atoms with Crippen LogP contribution in [0.2, 0.25) is 0 Å². The molecule has 1 heterocycles. The first kappa shape index (κ1) is 10.5. The van der Waals surface area contributed by atoms with Crippen molar-refractivity contribution in [2.75, 3.05) is 0 Å². The van der Waals surface area contributed by atoms with Crippen LogP contribution >= 0.6 is 0 Å². The highest BCUT2D eigenvalue weighted by Gasteiger charge is 2.44. The molecule has 0 aromatic heterocycles. The van der Waals surface area contributed by atoms with Crippen LogP contribution in [0.5, 0.6) is 0 Å². The van der Waals surface area contributed by atoms with E-state index in [1.807, 2.05) is 30.3 Å². The zero-order valence-corrected chi connectivity index (χ0v) is 9.63. The molecule has 1 aromatic carbocycles. The molecule has 2 fully saturated rings. The Bertz CT molecular complexity index is 433. The molecule has 0 spiro atoms. The molecule has 3 heteroatoms. The van der Waals surface area contributed by atoms with E-state index < -0.39 is 0 Å². The van der Waals surface area contributed by atoms with Gasteiger partial charge in [0.15, 0.2) is 0 Å². The number of likely N-dealkylation sites (tertiary alicyclic amines) is 1. The molecule has 2 bridgehead atoms. The van der Waals surface area contributed by atoms with E-state index in [1.54, 1.807) is 0 Å². The Morgan fingerprint density at radius 3 is 2.18 bits per heavy atom. The first-order valence-corrected chi connectivity index (χ1v) is 6.15. The summed E-state index contributed by atoms with van der Waals surface area (Å²) in [7, 11) is 0. The molecule has 1 aliphatic carbocycles. The van der Waals surface area contributed by atoms with Crippen molar-refractivity contribution in [3.8, 4) is 0 Å². The van der Waals surface area contributed by atoms with Crippen LogP contribution in [-0.2, 0) is 16.1 Å². The van der Waals surface area contributed by atoms with Crippen molar-refractivity contribution in [2.24, 2.45) is 11.8 Å². The lowest BCUT2D eigenvalue weighted by molar-refractivity contribution is -0.153. The van der Waals surface area contributed by atoms with Gasteiger partial charge >= 0.3 is 0 Å². The van der Waals surface area contributed by atoms with E-state index in [0.29, 0.717) is 6.54 Å². The van der Waals surface area contributed by atoms with Crippen LogP contribution in [0.15, 0.2) is 30.3 Å². The molecule has 2 amide bonds. The maximum absolute atomic E-state index is 12.1.